The number of thiazole rings is 1. The number of nitrogens with two attached hydrogens (primary N) is 1. The van der Waals surface area contributed by atoms with Crippen molar-refractivity contribution < 1.29 is 9.18 Å². The van der Waals surface area contributed by atoms with E-state index in [1.807, 2.05) is 6.26 Å². The van der Waals surface area contributed by atoms with E-state index in [0.29, 0.717) is 22.8 Å². The third-order valence-corrected chi connectivity index (χ3v) is 4.23. The number of benzene rings is 1. The number of nitrogens with zero attached hydrogens (tertiary/aromatic N) is 1. The molecule has 1 heterocycles. The molecule has 0 fully saturated rings. The van der Waals surface area contributed by atoms with Gasteiger partial charge in [0.1, 0.15) is 5.82 Å². The molecule has 2 aromatic rings. The van der Waals surface area contributed by atoms with E-state index in [-0.39, 0.29) is 24.1 Å². The lowest BCUT2D eigenvalue weighted by molar-refractivity contribution is -0.117. The Morgan fingerprint density at radius 3 is 3.00 bits per heavy atom. The highest BCUT2D eigenvalue weighted by molar-refractivity contribution is 7.98. The second kappa shape index (κ2) is 9.09. The van der Waals surface area contributed by atoms with E-state index in [0.717, 1.165) is 5.75 Å². The highest BCUT2D eigenvalue weighted by Crippen LogP contribution is 2.25. The van der Waals surface area contributed by atoms with Crippen molar-refractivity contribution in [1.29, 1.82) is 0 Å². The molecule has 120 valence electrons. The van der Waals surface area contributed by atoms with E-state index in [1.54, 1.807) is 29.3 Å². The lowest BCUT2D eigenvalue weighted by Crippen LogP contribution is -2.36. The SMILES string of the molecule is CSCCC(N)C(=O)Nc1nc(-c2cccc(F)c2)cs1.Cl. The summed E-state index contributed by atoms with van der Waals surface area (Å²) in [4.78, 5) is 16.2. The van der Waals surface area contributed by atoms with Gasteiger partial charge in [0, 0.05) is 10.9 Å². The molecule has 0 spiro atoms. The van der Waals surface area contributed by atoms with Crippen molar-refractivity contribution in [1.82, 2.24) is 4.98 Å². The molecule has 4 nitrogen and oxygen atoms in total. The Morgan fingerprint density at radius 2 is 2.32 bits per heavy atom. The van der Waals surface area contributed by atoms with Crippen molar-refractivity contribution in [3.05, 3.63) is 35.5 Å². The molecule has 1 atom stereocenters. The molecule has 2 rings (SSSR count). The third kappa shape index (κ3) is 5.24. The van der Waals surface area contributed by atoms with Crippen molar-refractivity contribution in [2.24, 2.45) is 5.73 Å². The Labute approximate surface area is 143 Å². The van der Waals surface area contributed by atoms with Crippen LogP contribution in [0, 0.1) is 5.82 Å². The number of hydrogen-bond acceptors (Lipinski definition) is 5. The Morgan fingerprint density at radius 1 is 1.55 bits per heavy atom. The zero-order chi connectivity index (χ0) is 15.2. The van der Waals surface area contributed by atoms with Gasteiger partial charge >= 0.3 is 0 Å². The van der Waals surface area contributed by atoms with Gasteiger partial charge in [0.05, 0.1) is 11.7 Å². The zero-order valence-corrected chi connectivity index (χ0v) is 14.4. The normalized spacial score (nSPS) is 11.6. The fourth-order valence-corrected chi connectivity index (χ4v) is 2.90. The van der Waals surface area contributed by atoms with Crippen LogP contribution in [0.5, 0.6) is 0 Å². The van der Waals surface area contributed by atoms with Crippen LogP contribution in [0.3, 0.4) is 0 Å². The van der Waals surface area contributed by atoms with Crippen LogP contribution in [0.2, 0.25) is 0 Å². The summed E-state index contributed by atoms with van der Waals surface area (Å²) >= 11 is 2.94. The Balaban J connectivity index is 0.00000242. The van der Waals surface area contributed by atoms with Gasteiger partial charge in [-0.15, -0.1) is 23.7 Å². The predicted molar refractivity (Wildman–Crippen MR) is 94.4 cm³/mol. The van der Waals surface area contributed by atoms with E-state index in [2.05, 4.69) is 10.3 Å². The standard InChI is InChI=1S/C14H16FN3OS2.ClH/c1-20-6-5-11(16)13(19)18-14-17-12(8-21-14)9-3-2-4-10(15)7-9;/h2-4,7-8,11H,5-6,16H2,1H3,(H,17,18,19);1H. The second-order valence-corrected chi connectivity index (χ2v) is 6.27. The molecule has 0 aliphatic heterocycles. The Hall–Kier alpha value is -1.15. The topological polar surface area (TPSA) is 68.0 Å². The molecular weight excluding hydrogens is 345 g/mol. The van der Waals surface area contributed by atoms with Crippen LogP contribution in [-0.4, -0.2) is 28.9 Å². The number of rotatable bonds is 6. The maximum Gasteiger partial charge on any atom is 0.243 e. The number of amides is 1. The molecule has 1 aromatic carbocycles. The molecule has 0 saturated carbocycles. The van der Waals surface area contributed by atoms with E-state index in [9.17, 15) is 9.18 Å². The lowest BCUT2D eigenvalue weighted by atomic mass is 10.2. The summed E-state index contributed by atoms with van der Waals surface area (Å²) in [5.74, 6) is 0.274. The number of anilines is 1. The first-order chi connectivity index (χ1) is 10.1. The summed E-state index contributed by atoms with van der Waals surface area (Å²) in [6.07, 6.45) is 2.59. The molecule has 3 N–H and O–H groups in total. The summed E-state index contributed by atoms with van der Waals surface area (Å²) < 4.78 is 13.2. The fourth-order valence-electron chi connectivity index (χ4n) is 1.69. The van der Waals surface area contributed by atoms with Crippen molar-refractivity contribution in [2.45, 2.75) is 12.5 Å². The summed E-state index contributed by atoms with van der Waals surface area (Å²) in [7, 11) is 0. The minimum Gasteiger partial charge on any atom is -0.320 e. The minimum atomic E-state index is -0.543. The fraction of sp³-hybridized carbons (Fsp3) is 0.286. The summed E-state index contributed by atoms with van der Waals surface area (Å²) in [5, 5.41) is 4.94. The summed E-state index contributed by atoms with van der Waals surface area (Å²) in [6.45, 7) is 0. The van der Waals surface area contributed by atoms with Crippen LogP contribution >= 0.6 is 35.5 Å². The number of thioether (sulfide) groups is 1. The van der Waals surface area contributed by atoms with Crippen LogP contribution in [0.15, 0.2) is 29.6 Å². The van der Waals surface area contributed by atoms with E-state index in [4.69, 9.17) is 5.73 Å². The maximum absolute atomic E-state index is 13.2. The number of aromatic nitrogens is 1. The molecule has 0 radical (unpaired) electrons. The molecule has 1 amide bonds. The van der Waals surface area contributed by atoms with Crippen molar-refractivity contribution in [2.75, 3.05) is 17.3 Å². The van der Waals surface area contributed by atoms with Gasteiger partial charge in [0.2, 0.25) is 5.91 Å². The predicted octanol–water partition coefficient (Wildman–Crippen LogP) is 3.39. The molecular formula is C14H17ClFN3OS2. The lowest BCUT2D eigenvalue weighted by Gasteiger charge is -2.09. The summed E-state index contributed by atoms with van der Waals surface area (Å²) in [6, 6.07) is 5.64. The van der Waals surface area contributed by atoms with Crippen molar-refractivity contribution in [3.8, 4) is 11.3 Å². The maximum atomic E-state index is 13.2. The van der Waals surface area contributed by atoms with Crippen LogP contribution in [-0.2, 0) is 4.79 Å². The highest BCUT2D eigenvalue weighted by atomic mass is 35.5. The molecule has 0 aliphatic carbocycles. The van der Waals surface area contributed by atoms with Gasteiger partial charge < -0.3 is 11.1 Å². The quantitative estimate of drug-likeness (QED) is 0.827. The number of halogens is 2. The highest BCUT2D eigenvalue weighted by Gasteiger charge is 2.15. The van der Waals surface area contributed by atoms with Gasteiger partial charge in [-0.2, -0.15) is 11.8 Å². The zero-order valence-electron chi connectivity index (χ0n) is 11.9. The Kier molecular flexibility index (Phi) is 7.81. The number of nitrogens with one attached hydrogen (secondary N) is 1. The van der Waals surface area contributed by atoms with Crippen molar-refractivity contribution in [3.63, 3.8) is 0 Å². The van der Waals surface area contributed by atoms with Gasteiger partial charge in [0.15, 0.2) is 5.13 Å². The van der Waals surface area contributed by atoms with Crippen LogP contribution in [0.4, 0.5) is 9.52 Å². The average molecular weight is 362 g/mol. The van der Waals surface area contributed by atoms with Crippen LogP contribution < -0.4 is 11.1 Å². The summed E-state index contributed by atoms with van der Waals surface area (Å²) in [5.41, 5.74) is 7.10. The van der Waals surface area contributed by atoms with E-state index in [1.165, 1.54) is 23.5 Å². The number of carbonyl (C=O) groups is 1. The first-order valence-electron chi connectivity index (χ1n) is 6.37. The first kappa shape index (κ1) is 18.9. The van der Waals surface area contributed by atoms with Gasteiger partial charge in [-0.25, -0.2) is 9.37 Å². The van der Waals surface area contributed by atoms with E-state index >= 15 is 0 Å². The molecule has 0 saturated heterocycles. The van der Waals surface area contributed by atoms with Crippen molar-refractivity contribution >= 4 is 46.5 Å². The number of hydrogen-bond donors (Lipinski definition) is 2. The largest absolute Gasteiger partial charge is 0.320 e. The van der Waals surface area contributed by atoms with Gasteiger partial charge in [-0.3, -0.25) is 4.79 Å². The molecule has 8 heteroatoms. The van der Waals surface area contributed by atoms with E-state index < -0.39 is 6.04 Å². The van der Waals surface area contributed by atoms with Crippen LogP contribution in [0.1, 0.15) is 6.42 Å². The second-order valence-electron chi connectivity index (χ2n) is 4.43. The smallest absolute Gasteiger partial charge is 0.243 e. The monoisotopic (exact) mass is 361 g/mol. The average Bonchev–Trinajstić information content (AvgIpc) is 2.93. The number of carbonyl (C=O) groups excluding carboxylic acids is 1. The van der Waals surface area contributed by atoms with Gasteiger partial charge in [0.25, 0.3) is 0 Å². The first-order valence-corrected chi connectivity index (χ1v) is 8.64. The Bertz CT molecular complexity index is 624. The molecule has 1 unspecified atom stereocenters. The van der Waals surface area contributed by atoms with Crippen LogP contribution in [0.25, 0.3) is 11.3 Å². The van der Waals surface area contributed by atoms with Gasteiger partial charge in [-0.1, -0.05) is 12.1 Å². The third-order valence-electron chi connectivity index (χ3n) is 2.82. The molecule has 22 heavy (non-hydrogen) atoms. The molecule has 1 aromatic heterocycles. The minimum absolute atomic E-state index is 0. The van der Waals surface area contributed by atoms with Gasteiger partial charge in [-0.05, 0) is 30.6 Å². The molecule has 0 aliphatic rings. The molecule has 0 bridgehead atoms.